The van der Waals surface area contributed by atoms with E-state index in [0.717, 1.165) is 41.8 Å². The Labute approximate surface area is 187 Å². The van der Waals surface area contributed by atoms with Gasteiger partial charge in [0, 0.05) is 22.7 Å². The summed E-state index contributed by atoms with van der Waals surface area (Å²) < 4.78 is 0. The summed E-state index contributed by atoms with van der Waals surface area (Å²) in [6, 6.07) is 27.5. The number of unbranched alkanes of at least 4 members (excludes halogenated alkanes) is 1. The highest BCUT2D eigenvalue weighted by Crippen LogP contribution is 2.25. The van der Waals surface area contributed by atoms with Crippen molar-refractivity contribution in [2.24, 2.45) is 0 Å². The number of hydrogen-bond donors (Lipinski definition) is 2. The minimum Gasteiger partial charge on any atom is -0.352 e. The van der Waals surface area contributed by atoms with Gasteiger partial charge in [-0.1, -0.05) is 66.2 Å². The molecule has 0 aliphatic carbocycles. The monoisotopic (exact) mass is 429 g/mol. The van der Waals surface area contributed by atoms with Gasteiger partial charge < -0.3 is 5.32 Å². The zero-order valence-electron chi connectivity index (χ0n) is 17.1. The first kappa shape index (κ1) is 20.9. The molecular weight excluding hydrogens is 406 g/mol. The first-order chi connectivity index (χ1) is 15.2. The van der Waals surface area contributed by atoms with Gasteiger partial charge in [-0.2, -0.15) is 5.10 Å². The SMILES string of the molecule is O=C(NCCCCc1ccccc1)c1ccc(-c2cc(-c3ccc(Cl)cc3)[nH]n2)cc1. The fraction of sp³-hybridized carbons (Fsp3) is 0.154. The largest absolute Gasteiger partial charge is 0.352 e. The Kier molecular flexibility index (Phi) is 6.80. The average molecular weight is 430 g/mol. The van der Waals surface area contributed by atoms with Crippen LogP contribution in [0.15, 0.2) is 84.9 Å². The van der Waals surface area contributed by atoms with Crippen LogP contribution < -0.4 is 5.32 Å². The predicted octanol–water partition coefficient (Wildman–Crippen LogP) is 6.15. The molecular formula is C26H24ClN3O. The molecule has 0 saturated heterocycles. The van der Waals surface area contributed by atoms with E-state index in [1.165, 1.54) is 5.56 Å². The number of aryl methyl sites for hydroxylation is 1. The van der Waals surface area contributed by atoms with Crippen molar-refractivity contribution in [1.29, 1.82) is 0 Å². The lowest BCUT2D eigenvalue weighted by atomic mass is 10.1. The minimum absolute atomic E-state index is 0.0462. The zero-order valence-corrected chi connectivity index (χ0v) is 17.9. The maximum absolute atomic E-state index is 12.4. The zero-order chi connectivity index (χ0) is 21.5. The van der Waals surface area contributed by atoms with Crippen LogP contribution in [0.25, 0.3) is 22.5 Å². The quantitative estimate of drug-likeness (QED) is 0.330. The molecule has 1 amide bonds. The summed E-state index contributed by atoms with van der Waals surface area (Å²) in [7, 11) is 0. The highest BCUT2D eigenvalue weighted by Gasteiger charge is 2.09. The Morgan fingerprint density at radius 3 is 2.32 bits per heavy atom. The molecule has 1 aromatic heterocycles. The standard InChI is InChI=1S/C26H24ClN3O/c27-23-15-13-21(14-16-23)25-18-24(29-30-25)20-9-11-22(12-10-20)26(31)28-17-5-4-8-19-6-2-1-3-7-19/h1-3,6-7,9-16,18H,4-5,8,17H2,(H,28,31)(H,29,30). The number of aromatic nitrogens is 2. The highest BCUT2D eigenvalue weighted by atomic mass is 35.5. The van der Waals surface area contributed by atoms with Gasteiger partial charge >= 0.3 is 0 Å². The van der Waals surface area contributed by atoms with E-state index >= 15 is 0 Å². The van der Waals surface area contributed by atoms with Gasteiger partial charge in [-0.05, 0) is 60.7 Å². The van der Waals surface area contributed by atoms with Crippen LogP contribution in [-0.2, 0) is 6.42 Å². The van der Waals surface area contributed by atoms with E-state index in [0.29, 0.717) is 17.1 Å². The second kappa shape index (κ2) is 10.1. The molecule has 31 heavy (non-hydrogen) atoms. The minimum atomic E-state index is -0.0462. The Morgan fingerprint density at radius 2 is 1.58 bits per heavy atom. The smallest absolute Gasteiger partial charge is 0.251 e. The number of carbonyl (C=O) groups is 1. The molecule has 0 fully saturated rings. The third-order valence-corrected chi connectivity index (χ3v) is 5.45. The molecule has 0 bridgehead atoms. The Hall–Kier alpha value is -3.37. The van der Waals surface area contributed by atoms with E-state index in [-0.39, 0.29) is 5.91 Å². The summed E-state index contributed by atoms with van der Waals surface area (Å²) in [5.74, 6) is -0.0462. The van der Waals surface area contributed by atoms with Gasteiger partial charge in [-0.3, -0.25) is 9.89 Å². The van der Waals surface area contributed by atoms with Gasteiger partial charge in [0.05, 0.1) is 11.4 Å². The van der Waals surface area contributed by atoms with Crippen LogP contribution in [0.5, 0.6) is 0 Å². The van der Waals surface area contributed by atoms with Crippen molar-refractivity contribution in [3.63, 3.8) is 0 Å². The predicted molar refractivity (Wildman–Crippen MR) is 126 cm³/mol. The van der Waals surface area contributed by atoms with Gasteiger partial charge in [-0.15, -0.1) is 0 Å². The first-order valence-electron chi connectivity index (χ1n) is 10.4. The number of H-pyrrole nitrogens is 1. The van der Waals surface area contributed by atoms with Crippen LogP contribution in [0.1, 0.15) is 28.8 Å². The Morgan fingerprint density at radius 1 is 0.871 bits per heavy atom. The second-order valence-electron chi connectivity index (χ2n) is 7.45. The van der Waals surface area contributed by atoms with E-state index in [2.05, 4.69) is 39.8 Å². The number of rotatable bonds is 8. The molecule has 4 aromatic rings. The first-order valence-corrected chi connectivity index (χ1v) is 10.8. The third-order valence-electron chi connectivity index (χ3n) is 5.20. The summed E-state index contributed by atoms with van der Waals surface area (Å²) in [5, 5.41) is 11.2. The maximum Gasteiger partial charge on any atom is 0.251 e. The number of nitrogens with one attached hydrogen (secondary N) is 2. The van der Waals surface area contributed by atoms with Crippen LogP contribution in [0, 0.1) is 0 Å². The van der Waals surface area contributed by atoms with Crippen molar-refractivity contribution in [3.8, 4) is 22.5 Å². The van der Waals surface area contributed by atoms with Gasteiger partial charge in [-0.25, -0.2) is 0 Å². The van der Waals surface area contributed by atoms with Crippen LogP contribution >= 0.6 is 11.6 Å². The molecule has 1 heterocycles. The van der Waals surface area contributed by atoms with E-state index in [4.69, 9.17) is 11.6 Å². The fourth-order valence-corrected chi connectivity index (χ4v) is 3.57. The lowest BCUT2D eigenvalue weighted by Crippen LogP contribution is -2.24. The number of hydrogen-bond acceptors (Lipinski definition) is 2. The van der Waals surface area contributed by atoms with E-state index < -0.39 is 0 Å². The number of benzene rings is 3. The Bertz CT molecular complexity index is 1120. The van der Waals surface area contributed by atoms with E-state index in [1.54, 1.807) is 0 Å². The Balaban J connectivity index is 1.28. The van der Waals surface area contributed by atoms with E-state index in [9.17, 15) is 4.79 Å². The van der Waals surface area contributed by atoms with E-state index in [1.807, 2.05) is 60.7 Å². The summed E-state index contributed by atoms with van der Waals surface area (Å²) >= 11 is 5.95. The van der Waals surface area contributed by atoms with Crippen molar-refractivity contribution in [3.05, 3.63) is 101 Å². The maximum atomic E-state index is 12.4. The fourth-order valence-electron chi connectivity index (χ4n) is 3.44. The topological polar surface area (TPSA) is 57.8 Å². The second-order valence-corrected chi connectivity index (χ2v) is 7.89. The van der Waals surface area contributed by atoms with Gasteiger partial charge in [0.15, 0.2) is 0 Å². The van der Waals surface area contributed by atoms with Crippen molar-refractivity contribution in [2.75, 3.05) is 6.54 Å². The van der Waals surface area contributed by atoms with Gasteiger partial charge in [0.1, 0.15) is 0 Å². The summed E-state index contributed by atoms with van der Waals surface area (Å²) in [6.07, 6.45) is 3.05. The number of halogens is 1. The molecule has 0 aliphatic heterocycles. The molecule has 3 aromatic carbocycles. The average Bonchev–Trinajstić information content (AvgIpc) is 3.30. The van der Waals surface area contributed by atoms with Crippen LogP contribution in [-0.4, -0.2) is 22.6 Å². The molecule has 0 atom stereocenters. The van der Waals surface area contributed by atoms with Crippen LogP contribution in [0.2, 0.25) is 5.02 Å². The molecule has 4 nitrogen and oxygen atoms in total. The van der Waals surface area contributed by atoms with Crippen molar-refractivity contribution < 1.29 is 4.79 Å². The lowest BCUT2D eigenvalue weighted by molar-refractivity contribution is 0.0953. The van der Waals surface area contributed by atoms with Crippen LogP contribution in [0.4, 0.5) is 0 Å². The molecule has 0 radical (unpaired) electrons. The molecule has 156 valence electrons. The molecule has 0 unspecified atom stereocenters. The molecule has 2 N–H and O–H groups in total. The molecule has 0 aliphatic rings. The highest BCUT2D eigenvalue weighted by molar-refractivity contribution is 6.30. The summed E-state index contributed by atoms with van der Waals surface area (Å²) in [6.45, 7) is 0.678. The normalized spacial score (nSPS) is 10.7. The number of aromatic amines is 1. The van der Waals surface area contributed by atoms with Crippen molar-refractivity contribution >= 4 is 17.5 Å². The summed E-state index contributed by atoms with van der Waals surface area (Å²) in [5.41, 5.74) is 5.71. The van der Waals surface area contributed by atoms with Crippen LogP contribution in [0.3, 0.4) is 0 Å². The number of carbonyl (C=O) groups excluding carboxylic acids is 1. The molecule has 0 saturated carbocycles. The third kappa shape index (κ3) is 5.62. The van der Waals surface area contributed by atoms with Gasteiger partial charge in [0.2, 0.25) is 0 Å². The van der Waals surface area contributed by atoms with Gasteiger partial charge in [0.25, 0.3) is 5.91 Å². The molecule has 4 rings (SSSR count). The number of amides is 1. The summed E-state index contributed by atoms with van der Waals surface area (Å²) in [4.78, 5) is 12.4. The van der Waals surface area contributed by atoms with Crippen molar-refractivity contribution in [1.82, 2.24) is 15.5 Å². The lowest BCUT2D eigenvalue weighted by Gasteiger charge is -2.06. The number of nitrogens with zero attached hydrogens (tertiary/aromatic N) is 1. The van der Waals surface area contributed by atoms with Crippen molar-refractivity contribution in [2.45, 2.75) is 19.3 Å². The molecule has 5 heteroatoms. The molecule has 0 spiro atoms.